The highest BCUT2D eigenvalue weighted by Gasteiger charge is 2.25. The lowest BCUT2D eigenvalue weighted by atomic mass is 9.97. The van der Waals surface area contributed by atoms with Crippen molar-refractivity contribution in [2.45, 2.75) is 32.4 Å². The maximum atomic E-state index is 10.1. The van der Waals surface area contributed by atoms with Crippen LogP contribution in [0.2, 0.25) is 0 Å². The molecule has 1 aliphatic heterocycles. The zero-order chi connectivity index (χ0) is 11.0. The zero-order valence-electron chi connectivity index (χ0n) is 9.16. The number of aliphatic hydroxyl groups excluding tert-OH is 1. The van der Waals surface area contributed by atoms with Gasteiger partial charge in [0.15, 0.2) is 0 Å². The highest BCUT2D eigenvalue weighted by Crippen LogP contribution is 2.34. The summed E-state index contributed by atoms with van der Waals surface area (Å²) in [5, 5.41) is 10.1. The van der Waals surface area contributed by atoms with Crippen molar-refractivity contribution in [2.24, 2.45) is 5.73 Å². The molecule has 2 unspecified atom stereocenters. The van der Waals surface area contributed by atoms with Crippen LogP contribution in [0, 0.1) is 13.8 Å². The van der Waals surface area contributed by atoms with E-state index in [2.05, 4.69) is 6.07 Å². The Bertz CT molecular complexity index is 376. The molecule has 0 saturated carbocycles. The van der Waals surface area contributed by atoms with Crippen LogP contribution in [-0.4, -0.2) is 17.8 Å². The summed E-state index contributed by atoms with van der Waals surface area (Å²) in [6.45, 7) is 4.58. The fourth-order valence-electron chi connectivity index (χ4n) is 2.09. The Morgan fingerprint density at radius 2 is 2.13 bits per heavy atom. The molecule has 1 aromatic rings. The smallest absolute Gasteiger partial charge is 0.128 e. The molecule has 2 rings (SSSR count). The molecule has 82 valence electrons. The van der Waals surface area contributed by atoms with Gasteiger partial charge in [0.2, 0.25) is 0 Å². The molecule has 0 radical (unpaired) electrons. The third kappa shape index (κ3) is 1.85. The molecule has 3 N–H and O–H groups in total. The van der Waals surface area contributed by atoms with Crippen LogP contribution >= 0.6 is 0 Å². The molecular formula is C12H17NO2. The standard InChI is InChI=1S/C12H17NO2/c1-7-5-8(2)12-9(6-7)11(14)10(13)3-4-15-12/h5-6,10-11,14H,3-4,13H2,1-2H3. The van der Waals surface area contributed by atoms with Crippen molar-refractivity contribution < 1.29 is 9.84 Å². The topological polar surface area (TPSA) is 55.5 Å². The van der Waals surface area contributed by atoms with Gasteiger partial charge in [-0.15, -0.1) is 0 Å². The van der Waals surface area contributed by atoms with Crippen molar-refractivity contribution in [3.8, 4) is 5.75 Å². The second-order valence-electron chi connectivity index (χ2n) is 4.25. The lowest BCUT2D eigenvalue weighted by molar-refractivity contribution is 0.144. The van der Waals surface area contributed by atoms with E-state index in [-0.39, 0.29) is 6.04 Å². The first-order valence-corrected chi connectivity index (χ1v) is 5.27. The summed E-state index contributed by atoms with van der Waals surface area (Å²) in [5.74, 6) is 0.807. The number of nitrogens with two attached hydrogens (primary N) is 1. The quantitative estimate of drug-likeness (QED) is 0.677. The first-order valence-electron chi connectivity index (χ1n) is 5.27. The van der Waals surface area contributed by atoms with Crippen molar-refractivity contribution in [1.82, 2.24) is 0 Å². The molecule has 0 bridgehead atoms. The number of hydrogen-bond donors (Lipinski definition) is 2. The molecule has 1 aromatic carbocycles. The summed E-state index contributed by atoms with van der Waals surface area (Å²) >= 11 is 0. The maximum absolute atomic E-state index is 10.1. The fraction of sp³-hybridized carbons (Fsp3) is 0.500. The van der Waals surface area contributed by atoms with E-state index in [9.17, 15) is 5.11 Å². The first-order chi connectivity index (χ1) is 7.09. The Morgan fingerprint density at radius 1 is 1.40 bits per heavy atom. The van der Waals surface area contributed by atoms with Gasteiger partial charge in [0.05, 0.1) is 12.7 Å². The molecule has 0 aliphatic carbocycles. The zero-order valence-corrected chi connectivity index (χ0v) is 9.16. The Hall–Kier alpha value is -1.06. The molecule has 0 fully saturated rings. The maximum Gasteiger partial charge on any atom is 0.128 e. The van der Waals surface area contributed by atoms with Crippen LogP contribution in [0.1, 0.15) is 29.2 Å². The molecule has 0 aromatic heterocycles. The average Bonchev–Trinajstić information content (AvgIpc) is 2.30. The monoisotopic (exact) mass is 207 g/mol. The largest absolute Gasteiger partial charge is 0.493 e. The summed E-state index contributed by atoms with van der Waals surface area (Å²) in [6.07, 6.45) is 0.0787. The van der Waals surface area contributed by atoms with E-state index in [1.807, 2.05) is 19.9 Å². The van der Waals surface area contributed by atoms with Crippen LogP contribution in [0.4, 0.5) is 0 Å². The highest BCUT2D eigenvalue weighted by molar-refractivity contribution is 5.46. The van der Waals surface area contributed by atoms with Crippen molar-refractivity contribution in [2.75, 3.05) is 6.61 Å². The number of fused-ring (bicyclic) bond motifs is 1. The number of hydrogen-bond acceptors (Lipinski definition) is 3. The average molecular weight is 207 g/mol. The van der Waals surface area contributed by atoms with Crippen LogP contribution < -0.4 is 10.5 Å². The second kappa shape index (κ2) is 3.83. The molecule has 3 nitrogen and oxygen atoms in total. The van der Waals surface area contributed by atoms with Gasteiger partial charge in [0, 0.05) is 11.6 Å². The van der Waals surface area contributed by atoms with Crippen LogP contribution in [0.3, 0.4) is 0 Å². The lowest BCUT2D eigenvalue weighted by Crippen LogP contribution is -2.28. The van der Waals surface area contributed by atoms with Gasteiger partial charge in [-0.05, 0) is 31.9 Å². The van der Waals surface area contributed by atoms with Gasteiger partial charge in [-0.25, -0.2) is 0 Å². The van der Waals surface area contributed by atoms with E-state index in [1.54, 1.807) is 0 Å². The highest BCUT2D eigenvalue weighted by atomic mass is 16.5. The van der Waals surface area contributed by atoms with Gasteiger partial charge in [-0.3, -0.25) is 0 Å². The van der Waals surface area contributed by atoms with Crippen molar-refractivity contribution in [3.63, 3.8) is 0 Å². The second-order valence-corrected chi connectivity index (χ2v) is 4.25. The SMILES string of the molecule is Cc1cc(C)c2c(c1)C(O)C(N)CCO2. The summed E-state index contributed by atoms with van der Waals surface area (Å²) in [4.78, 5) is 0. The van der Waals surface area contributed by atoms with Gasteiger partial charge in [-0.2, -0.15) is 0 Å². The van der Waals surface area contributed by atoms with E-state index >= 15 is 0 Å². The van der Waals surface area contributed by atoms with Gasteiger partial charge in [0.1, 0.15) is 5.75 Å². The van der Waals surface area contributed by atoms with E-state index in [0.29, 0.717) is 13.0 Å². The molecular weight excluding hydrogens is 190 g/mol. The molecule has 0 spiro atoms. The molecule has 0 amide bonds. The summed E-state index contributed by atoms with van der Waals surface area (Å²) in [6, 6.07) is 3.79. The Balaban J connectivity index is 2.53. The minimum absolute atomic E-state index is 0.229. The molecule has 15 heavy (non-hydrogen) atoms. The molecule has 0 saturated heterocycles. The third-order valence-electron chi connectivity index (χ3n) is 2.87. The predicted molar refractivity (Wildman–Crippen MR) is 59.0 cm³/mol. The van der Waals surface area contributed by atoms with Crippen molar-refractivity contribution >= 4 is 0 Å². The Labute approximate surface area is 89.9 Å². The van der Waals surface area contributed by atoms with E-state index in [4.69, 9.17) is 10.5 Å². The third-order valence-corrected chi connectivity index (χ3v) is 2.87. The Morgan fingerprint density at radius 3 is 2.87 bits per heavy atom. The number of aliphatic hydroxyl groups is 1. The van der Waals surface area contributed by atoms with Gasteiger partial charge in [-0.1, -0.05) is 11.6 Å². The summed E-state index contributed by atoms with van der Waals surface area (Å²) in [7, 11) is 0. The van der Waals surface area contributed by atoms with Crippen LogP contribution in [0.25, 0.3) is 0 Å². The number of aryl methyl sites for hydroxylation is 2. The van der Waals surface area contributed by atoms with Crippen molar-refractivity contribution in [3.05, 3.63) is 28.8 Å². The van der Waals surface area contributed by atoms with Crippen molar-refractivity contribution in [1.29, 1.82) is 0 Å². The number of rotatable bonds is 0. The fourth-order valence-corrected chi connectivity index (χ4v) is 2.09. The van der Waals surface area contributed by atoms with Gasteiger partial charge in [0.25, 0.3) is 0 Å². The van der Waals surface area contributed by atoms with E-state index in [1.165, 1.54) is 0 Å². The first kappa shape index (κ1) is 10.5. The minimum Gasteiger partial charge on any atom is -0.493 e. The Kier molecular flexibility index (Phi) is 2.67. The van der Waals surface area contributed by atoms with E-state index in [0.717, 1.165) is 22.4 Å². The van der Waals surface area contributed by atoms with Gasteiger partial charge < -0.3 is 15.6 Å². The van der Waals surface area contributed by atoms with Crippen LogP contribution in [0.5, 0.6) is 5.75 Å². The normalized spacial score (nSPS) is 25.3. The van der Waals surface area contributed by atoms with E-state index < -0.39 is 6.10 Å². The molecule has 1 heterocycles. The van der Waals surface area contributed by atoms with Gasteiger partial charge >= 0.3 is 0 Å². The van der Waals surface area contributed by atoms with Crippen LogP contribution in [-0.2, 0) is 0 Å². The molecule has 2 atom stereocenters. The summed E-state index contributed by atoms with van der Waals surface area (Å²) in [5.41, 5.74) is 8.89. The predicted octanol–water partition coefficient (Wildman–Crippen LogP) is 1.45. The lowest BCUT2D eigenvalue weighted by Gasteiger charge is -2.17. The molecule has 1 aliphatic rings. The molecule has 3 heteroatoms. The van der Waals surface area contributed by atoms with Crippen LogP contribution in [0.15, 0.2) is 12.1 Å². The number of benzene rings is 1. The number of ether oxygens (including phenoxy) is 1. The summed E-state index contributed by atoms with van der Waals surface area (Å²) < 4.78 is 5.64. The minimum atomic E-state index is -0.610.